The van der Waals surface area contributed by atoms with Gasteiger partial charge in [-0.05, 0) is 31.0 Å². The van der Waals surface area contributed by atoms with Crippen molar-refractivity contribution in [1.29, 1.82) is 0 Å². The van der Waals surface area contributed by atoms with Crippen molar-refractivity contribution in [2.45, 2.75) is 32.1 Å². The second-order valence-electron chi connectivity index (χ2n) is 4.33. The van der Waals surface area contributed by atoms with Crippen LogP contribution in [-0.2, 0) is 16.4 Å². The van der Waals surface area contributed by atoms with Crippen molar-refractivity contribution in [1.82, 2.24) is 15.2 Å². The Hall–Kier alpha value is -1.89. The van der Waals surface area contributed by atoms with Crippen LogP contribution in [-0.4, -0.2) is 23.6 Å². The Morgan fingerprint density at radius 1 is 1.32 bits per heavy atom. The van der Waals surface area contributed by atoms with E-state index < -0.39 is 10.0 Å². The van der Waals surface area contributed by atoms with Gasteiger partial charge in [0.15, 0.2) is 0 Å². The largest absolute Gasteiger partial charge is 0.264 e. The smallest absolute Gasteiger partial charge is 0.261 e. The monoisotopic (exact) mass is 280 g/mol. The Morgan fingerprint density at radius 3 is 2.68 bits per heavy atom. The number of nitrogens with one attached hydrogen (secondary N) is 2. The summed E-state index contributed by atoms with van der Waals surface area (Å²) in [4.78, 5) is 4.28. The summed E-state index contributed by atoms with van der Waals surface area (Å²) in [6.07, 6.45) is 0.665. The summed E-state index contributed by atoms with van der Waals surface area (Å²) in [5.41, 5.74) is 1.57. The van der Waals surface area contributed by atoms with Crippen LogP contribution in [0.25, 0.3) is 0 Å². The fourth-order valence-electron chi connectivity index (χ4n) is 1.67. The second kappa shape index (κ2) is 5.00. The molecule has 19 heavy (non-hydrogen) atoms. The van der Waals surface area contributed by atoms with Gasteiger partial charge in [-0.2, -0.15) is 4.98 Å². The highest BCUT2D eigenvalue weighted by atomic mass is 32.2. The number of H-pyrrole nitrogens is 1. The fraction of sp³-hybridized carbons (Fsp3) is 0.333. The van der Waals surface area contributed by atoms with Crippen LogP contribution in [0.2, 0.25) is 0 Å². The van der Waals surface area contributed by atoms with E-state index in [0.29, 0.717) is 17.8 Å². The van der Waals surface area contributed by atoms with Crippen LogP contribution < -0.4 is 4.72 Å². The third-order valence-electron chi connectivity index (χ3n) is 2.73. The van der Waals surface area contributed by atoms with Crippen LogP contribution in [0.1, 0.15) is 23.9 Å². The lowest BCUT2D eigenvalue weighted by Gasteiger charge is -2.08. The van der Waals surface area contributed by atoms with Gasteiger partial charge in [-0.1, -0.05) is 19.1 Å². The fourth-order valence-corrected chi connectivity index (χ4v) is 2.95. The van der Waals surface area contributed by atoms with Crippen molar-refractivity contribution in [3.05, 3.63) is 35.2 Å². The van der Waals surface area contributed by atoms with Crippen molar-refractivity contribution < 1.29 is 8.42 Å². The van der Waals surface area contributed by atoms with Gasteiger partial charge in [-0.3, -0.25) is 5.10 Å². The van der Waals surface area contributed by atoms with Gasteiger partial charge in [0.05, 0.1) is 4.90 Å². The molecule has 0 atom stereocenters. The molecular formula is C12H16N4O2S. The molecule has 7 heteroatoms. The first kappa shape index (κ1) is 13.5. The third kappa shape index (κ3) is 2.93. The molecule has 2 N–H and O–H groups in total. The van der Waals surface area contributed by atoms with E-state index in [1.165, 1.54) is 0 Å². The summed E-state index contributed by atoms with van der Waals surface area (Å²) < 4.78 is 26.9. The van der Waals surface area contributed by atoms with Gasteiger partial charge >= 0.3 is 0 Å². The first-order chi connectivity index (χ1) is 8.92. The zero-order chi connectivity index (χ0) is 14.0. The van der Waals surface area contributed by atoms with Gasteiger partial charge in [0.25, 0.3) is 16.0 Å². The molecule has 2 aromatic rings. The van der Waals surface area contributed by atoms with Crippen LogP contribution in [0.5, 0.6) is 0 Å². The molecule has 1 aromatic heterocycles. The maximum atomic E-state index is 12.3. The first-order valence-corrected chi connectivity index (χ1v) is 7.42. The number of benzene rings is 1. The Labute approximate surface area is 112 Å². The highest BCUT2D eigenvalue weighted by Gasteiger charge is 2.19. The first-order valence-electron chi connectivity index (χ1n) is 5.93. The van der Waals surface area contributed by atoms with E-state index in [9.17, 15) is 8.42 Å². The topological polar surface area (TPSA) is 87.7 Å². The van der Waals surface area contributed by atoms with E-state index in [1.54, 1.807) is 19.1 Å². The Balaban J connectivity index is 2.34. The minimum absolute atomic E-state index is 0.0674. The summed E-state index contributed by atoms with van der Waals surface area (Å²) >= 11 is 0. The number of sulfonamides is 1. The van der Waals surface area contributed by atoms with Gasteiger partial charge in [0.2, 0.25) is 0 Å². The van der Waals surface area contributed by atoms with Gasteiger partial charge < -0.3 is 0 Å². The number of rotatable bonds is 4. The second-order valence-corrected chi connectivity index (χ2v) is 5.98. The van der Waals surface area contributed by atoms with Crippen molar-refractivity contribution in [3.8, 4) is 0 Å². The zero-order valence-corrected chi connectivity index (χ0v) is 11.9. The lowest BCUT2D eigenvalue weighted by molar-refractivity contribution is 0.600. The predicted molar refractivity (Wildman–Crippen MR) is 72.5 cm³/mol. The molecule has 1 heterocycles. The molecule has 0 fully saturated rings. The van der Waals surface area contributed by atoms with Crippen LogP contribution >= 0.6 is 0 Å². The summed E-state index contributed by atoms with van der Waals surface area (Å²) in [5, 5.41) is 6.49. The van der Waals surface area contributed by atoms with Gasteiger partial charge in [0, 0.05) is 6.42 Å². The molecule has 1 aromatic carbocycles. The number of hydrogen-bond acceptors (Lipinski definition) is 4. The number of hydrogen-bond donors (Lipinski definition) is 2. The molecule has 0 aliphatic heterocycles. The predicted octanol–water partition coefficient (Wildman–Crippen LogP) is 1.78. The average Bonchev–Trinajstić information content (AvgIpc) is 2.79. The van der Waals surface area contributed by atoms with Gasteiger partial charge in [-0.15, -0.1) is 5.10 Å². The quantitative estimate of drug-likeness (QED) is 0.893. The third-order valence-corrected chi connectivity index (χ3v) is 4.20. The molecule has 0 radical (unpaired) electrons. The number of aromatic nitrogens is 3. The zero-order valence-electron chi connectivity index (χ0n) is 11.1. The standard InChI is InChI=1S/C12H16N4O2S/c1-4-11-13-12(15-14-11)16-19(17,18)10-7-8(2)5-6-9(10)3/h5-7H,4H2,1-3H3,(H2,13,14,15,16). The van der Waals surface area contributed by atoms with Crippen molar-refractivity contribution in [2.24, 2.45) is 0 Å². The van der Waals surface area contributed by atoms with E-state index >= 15 is 0 Å². The summed E-state index contributed by atoms with van der Waals surface area (Å²) in [6.45, 7) is 5.51. The molecule has 2 rings (SSSR count). The lowest BCUT2D eigenvalue weighted by atomic mass is 10.2. The van der Waals surface area contributed by atoms with Crippen LogP contribution in [0.3, 0.4) is 0 Å². The Morgan fingerprint density at radius 2 is 2.05 bits per heavy atom. The van der Waals surface area contributed by atoms with Crippen molar-refractivity contribution in [3.63, 3.8) is 0 Å². The van der Waals surface area contributed by atoms with E-state index in [4.69, 9.17) is 0 Å². The average molecular weight is 280 g/mol. The molecule has 0 amide bonds. The molecule has 102 valence electrons. The normalized spacial score (nSPS) is 11.5. The van der Waals surface area contributed by atoms with Crippen molar-refractivity contribution >= 4 is 16.0 Å². The van der Waals surface area contributed by atoms with Crippen molar-refractivity contribution in [2.75, 3.05) is 4.72 Å². The maximum absolute atomic E-state index is 12.3. The number of aryl methyl sites for hydroxylation is 3. The minimum Gasteiger partial charge on any atom is -0.261 e. The van der Waals surface area contributed by atoms with E-state index in [0.717, 1.165) is 5.56 Å². The summed E-state index contributed by atoms with van der Waals surface area (Å²) in [6, 6.07) is 5.28. The summed E-state index contributed by atoms with van der Waals surface area (Å²) in [5.74, 6) is 0.705. The SMILES string of the molecule is CCc1nc(NS(=O)(=O)c2cc(C)ccc2C)n[nH]1. The number of nitrogens with zero attached hydrogens (tertiary/aromatic N) is 2. The van der Waals surface area contributed by atoms with E-state index in [-0.39, 0.29) is 10.8 Å². The molecule has 0 saturated carbocycles. The number of anilines is 1. The van der Waals surface area contributed by atoms with Gasteiger partial charge in [0.1, 0.15) is 5.82 Å². The highest BCUT2D eigenvalue weighted by molar-refractivity contribution is 7.92. The molecule has 0 unspecified atom stereocenters. The Bertz CT molecular complexity index is 692. The van der Waals surface area contributed by atoms with Crippen LogP contribution in [0, 0.1) is 13.8 Å². The lowest BCUT2D eigenvalue weighted by Crippen LogP contribution is -2.15. The Kier molecular flexibility index (Phi) is 3.57. The molecular weight excluding hydrogens is 264 g/mol. The molecule has 0 spiro atoms. The number of aromatic amines is 1. The summed E-state index contributed by atoms with van der Waals surface area (Å²) in [7, 11) is -3.66. The van der Waals surface area contributed by atoms with Crippen LogP contribution in [0.15, 0.2) is 23.1 Å². The molecule has 0 bridgehead atoms. The molecule has 6 nitrogen and oxygen atoms in total. The van der Waals surface area contributed by atoms with Crippen LogP contribution in [0.4, 0.5) is 5.95 Å². The van der Waals surface area contributed by atoms with Gasteiger partial charge in [-0.25, -0.2) is 13.1 Å². The highest BCUT2D eigenvalue weighted by Crippen LogP contribution is 2.19. The maximum Gasteiger partial charge on any atom is 0.264 e. The molecule has 0 saturated heterocycles. The molecule has 0 aliphatic rings. The molecule has 0 aliphatic carbocycles. The van der Waals surface area contributed by atoms with E-state index in [2.05, 4.69) is 19.9 Å². The van der Waals surface area contributed by atoms with E-state index in [1.807, 2.05) is 19.9 Å². The minimum atomic E-state index is -3.66.